The Hall–Kier alpha value is -3.66. The van der Waals surface area contributed by atoms with Crippen LogP contribution >= 0.6 is 0 Å². The average Bonchev–Trinajstić information content (AvgIpc) is 3.32. The molecule has 6 aliphatic carbocycles. The van der Waals surface area contributed by atoms with Crippen LogP contribution in [0, 0.1) is 5.92 Å². The zero-order chi connectivity index (χ0) is 22.8. The van der Waals surface area contributed by atoms with Gasteiger partial charge in [0.2, 0.25) is 5.67 Å². The summed E-state index contributed by atoms with van der Waals surface area (Å²) < 4.78 is 63.0. The smallest absolute Gasteiger partial charge is 0.214 e. The van der Waals surface area contributed by atoms with Crippen molar-refractivity contribution >= 4 is 38.4 Å². The third kappa shape index (κ3) is 1.39. The first-order chi connectivity index (χ1) is 16.5. The number of alkyl halides is 2. The third-order valence-corrected chi connectivity index (χ3v) is 8.95. The zero-order valence-corrected chi connectivity index (χ0v) is 17.6. The minimum absolute atomic E-state index is 0.0826. The number of allylic oxidation sites excluding steroid dienone is 7. The van der Waals surface area contributed by atoms with Gasteiger partial charge in [-0.15, -0.1) is 0 Å². The van der Waals surface area contributed by atoms with Gasteiger partial charge in [-0.3, -0.25) is 0 Å². The van der Waals surface area contributed by atoms with Gasteiger partial charge in [0.25, 0.3) is 0 Å². The van der Waals surface area contributed by atoms with Crippen LogP contribution in [-0.4, -0.2) is 11.3 Å². The van der Waals surface area contributed by atoms with Gasteiger partial charge in [-0.25, -0.2) is 17.6 Å². The van der Waals surface area contributed by atoms with Gasteiger partial charge < -0.3 is 0 Å². The highest BCUT2D eigenvalue weighted by atomic mass is 19.2. The lowest BCUT2D eigenvalue weighted by atomic mass is 9.64. The molecule has 0 aliphatic heterocycles. The van der Waals surface area contributed by atoms with E-state index in [0.717, 1.165) is 37.9 Å². The summed E-state index contributed by atoms with van der Waals surface area (Å²) >= 11 is 0. The summed E-state index contributed by atoms with van der Waals surface area (Å²) in [7, 11) is 0. The predicted octanol–water partition coefficient (Wildman–Crippen LogP) is 7.87. The van der Waals surface area contributed by atoms with Gasteiger partial charge in [0, 0.05) is 5.57 Å². The van der Waals surface area contributed by atoms with E-state index in [2.05, 4.69) is 0 Å². The molecule has 162 valence electrons. The van der Waals surface area contributed by atoms with E-state index in [-0.39, 0.29) is 11.1 Å². The molecular formula is C30H14F4. The van der Waals surface area contributed by atoms with Crippen LogP contribution in [0.2, 0.25) is 0 Å². The van der Waals surface area contributed by atoms with Gasteiger partial charge in [-0.05, 0) is 54.6 Å². The van der Waals surface area contributed by atoms with Gasteiger partial charge in [0.15, 0.2) is 17.3 Å². The van der Waals surface area contributed by atoms with Gasteiger partial charge in [0.05, 0.1) is 11.3 Å². The molecule has 4 aromatic carbocycles. The fourth-order valence-corrected chi connectivity index (χ4v) is 7.72. The summed E-state index contributed by atoms with van der Waals surface area (Å²) in [5.41, 5.74) is -5.18. The largest absolute Gasteiger partial charge is 0.233 e. The van der Waals surface area contributed by atoms with E-state index in [4.69, 9.17) is 0 Å². The summed E-state index contributed by atoms with van der Waals surface area (Å²) in [5.74, 6) is -4.03. The lowest BCUT2D eigenvalue weighted by Gasteiger charge is -2.40. The van der Waals surface area contributed by atoms with Crippen LogP contribution in [0.15, 0.2) is 101 Å². The molecule has 0 radical (unpaired) electrons. The average molecular weight is 450 g/mol. The number of halogens is 4. The van der Waals surface area contributed by atoms with E-state index in [1.165, 1.54) is 0 Å². The second-order valence-corrected chi connectivity index (χ2v) is 10.0. The van der Waals surface area contributed by atoms with E-state index in [0.29, 0.717) is 11.1 Å². The molecule has 0 N–H and O–H groups in total. The Labute approximate surface area is 191 Å². The molecule has 6 aliphatic rings. The molecule has 1 saturated carbocycles. The monoisotopic (exact) mass is 450 g/mol. The van der Waals surface area contributed by atoms with Crippen molar-refractivity contribution < 1.29 is 17.6 Å². The van der Waals surface area contributed by atoms with Crippen LogP contribution in [0.5, 0.6) is 0 Å². The molecule has 4 heteroatoms. The van der Waals surface area contributed by atoms with E-state index in [1.807, 2.05) is 66.7 Å². The van der Waals surface area contributed by atoms with Crippen LogP contribution in [0.25, 0.3) is 38.4 Å². The Morgan fingerprint density at radius 3 is 2.24 bits per heavy atom. The number of hydrogen-bond donors (Lipinski definition) is 0. The molecule has 34 heavy (non-hydrogen) atoms. The third-order valence-electron chi connectivity index (χ3n) is 8.95. The van der Waals surface area contributed by atoms with E-state index in [9.17, 15) is 8.78 Å². The van der Waals surface area contributed by atoms with Gasteiger partial charge in [-0.2, -0.15) is 0 Å². The maximum absolute atomic E-state index is 17.0. The minimum atomic E-state index is -3.01. The van der Waals surface area contributed by atoms with Crippen LogP contribution in [0.4, 0.5) is 17.6 Å². The number of rotatable bonds is 0. The Kier molecular flexibility index (Phi) is 2.56. The molecule has 4 atom stereocenters. The van der Waals surface area contributed by atoms with Crippen LogP contribution in [-0.2, 0) is 5.41 Å². The van der Waals surface area contributed by atoms with Crippen LogP contribution < -0.4 is 0 Å². The Morgan fingerprint density at radius 1 is 0.735 bits per heavy atom. The summed E-state index contributed by atoms with van der Waals surface area (Å²) in [6, 6.07) is 20.0. The van der Waals surface area contributed by atoms with Gasteiger partial charge >= 0.3 is 0 Å². The minimum Gasteiger partial charge on any atom is -0.233 e. The Balaban J connectivity index is 1.53. The molecule has 0 nitrogen and oxygen atoms in total. The highest BCUT2D eigenvalue weighted by Crippen LogP contribution is 2.88. The van der Waals surface area contributed by atoms with Crippen molar-refractivity contribution in [2.45, 2.75) is 16.8 Å². The van der Waals surface area contributed by atoms with E-state index in [1.54, 1.807) is 12.2 Å². The van der Waals surface area contributed by atoms with Gasteiger partial charge in [0.1, 0.15) is 0 Å². The second-order valence-electron chi connectivity index (χ2n) is 10.0. The highest BCUT2D eigenvalue weighted by molar-refractivity contribution is 6.22. The fourth-order valence-electron chi connectivity index (χ4n) is 7.72. The van der Waals surface area contributed by atoms with Crippen molar-refractivity contribution in [1.29, 1.82) is 0 Å². The molecule has 1 spiro atoms. The number of fused-ring (bicyclic) bond motifs is 7. The topological polar surface area (TPSA) is 0 Å². The molecule has 0 aromatic heterocycles. The molecule has 0 saturated heterocycles. The summed E-state index contributed by atoms with van der Waals surface area (Å²) in [6.07, 6.45) is 5.26. The molecule has 10 rings (SSSR count). The van der Waals surface area contributed by atoms with Crippen molar-refractivity contribution in [3.63, 3.8) is 0 Å². The lowest BCUT2D eigenvalue weighted by molar-refractivity contribution is 0.0216. The van der Waals surface area contributed by atoms with E-state index < -0.39 is 34.3 Å². The van der Waals surface area contributed by atoms with Crippen molar-refractivity contribution in [2.75, 3.05) is 0 Å². The fraction of sp³-hybridized carbons (Fsp3) is 0.133. The SMILES string of the molecule is FC1=C(F)C2(F)C3C=C4C=Cc5ccc6ccc7ccc8ccccc8c7c6c5C45C(=C13)C52F. The van der Waals surface area contributed by atoms with Crippen molar-refractivity contribution in [3.05, 3.63) is 112 Å². The standard InChI is InChI=1S/C30H14F4/c31-25-23-20-13-18-12-11-17-10-9-16-8-7-15-6-5-14-3-1-2-4-19(14)21(15)22(16)24(17)28(18)26(23)30(28,34)29(20,33)27(25)32/h1-13,20H. The molecule has 0 amide bonds. The number of hydrogen-bond acceptors (Lipinski definition) is 0. The first-order valence-corrected chi connectivity index (χ1v) is 11.4. The van der Waals surface area contributed by atoms with Crippen molar-refractivity contribution in [2.24, 2.45) is 5.92 Å². The molecule has 1 fully saturated rings. The van der Waals surface area contributed by atoms with Crippen molar-refractivity contribution in [1.82, 2.24) is 0 Å². The first kappa shape index (κ1) is 17.8. The maximum Gasteiger partial charge on any atom is 0.214 e. The van der Waals surface area contributed by atoms with Gasteiger partial charge in [-0.1, -0.05) is 78.9 Å². The van der Waals surface area contributed by atoms with Crippen LogP contribution in [0.3, 0.4) is 0 Å². The summed E-state index contributed by atoms with van der Waals surface area (Å²) in [5, 5.41) is 5.69. The Bertz CT molecular complexity index is 1870. The van der Waals surface area contributed by atoms with E-state index >= 15 is 8.78 Å². The van der Waals surface area contributed by atoms with Crippen LogP contribution in [0.1, 0.15) is 11.1 Å². The lowest BCUT2D eigenvalue weighted by Crippen LogP contribution is -2.49. The van der Waals surface area contributed by atoms with Crippen molar-refractivity contribution in [3.8, 4) is 0 Å². The number of benzene rings is 4. The molecule has 6 bridgehead atoms. The quantitative estimate of drug-likeness (QED) is 0.189. The Morgan fingerprint density at radius 2 is 1.44 bits per heavy atom. The predicted molar refractivity (Wildman–Crippen MR) is 125 cm³/mol. The normalized spacial score (nSPS) is 33.8. The summed E-state index contributed by atoms with van der Waals surface area (Å²) in [4.78, 5) is 0. The first-order valence-electron chi connectivity index (χ1n) is 11.4. The molecule has 4 aromatic rings. The molecule has 0 heterocycles. The molecular weight excluding hydrogens is 436 g/mol. The second kappa shape index (κ2) is 4.90. The maximum atomic E-state index is 17.0. The highest BCUT2D eigenvalue weighted by Gasteiger charge is 2.96. The zero-order valence-electron chi connectivity index (χ0n) is 17.6. The molecule has 4 unspecified atom stereocenters. The summed E-state index contributed by atoms with van der Waals surface area (Å²) in [6.45, 7) is 0.